The van der Waals surface area contributed by atoms with Gasteiger partial charge in [0.05, 0.1) is 11.7 Å². The molecule has 4 aliphatic rings. The summed E-state index contributed by atoms with van der Waals surface area (Å²) in [6.45, 7) is 7.42. The van der Waals surface area contributed by atoms with Gasteiger partial charge in [0.1, 0.15) is 0 Å². The Morgan fingerprint density at radius 2 is 1.85 bits per heavy atom. The topological polar surface area (TPSA) is 53.4 Å². The van der Waals surface area contributed by atoms with E-state index < -0.39 is 0 Å². The van der Waals surface area contributed by atoms with Gasteiger partial charge in [-0.1, -0.05) is 33.3 Å². The van der Waals surface area contributed by atoms with Gasteiger partial charge in [0, 0.05) is 12.4 Å². The van der Waals surface area contributed by atoms with Gasteiger partial charge in [-0.3, -0.25) is 4.98 Å². The van der Waals surface area contributed by atoms with Crippen LogP contribution in [0.25, 0.3) is 0 Å². The number of aliphatic hydroxyl groups excluding tert-OH is 1. The van der Waals surface area contributed by atoms with E-state index in [4.69, 9.17) is 0 Å². The fourth-order valence-electron chi connectivity index (χ4n) is 9.52. The summed E-state index contributed by atoms with van der Waals surface area (Å²) in [5.41, 5.74) is 1.53. The largest absolute Gasteiger partial charge is 0.390 e. The second-order valence-electron chi connectivity index (χ2n) is 13.0. The first kappa shape index (κ1) is 23.8. The van der Waals surface area contributed by atoms with Crippen LogP contribution in [0.1, 0.15) is 116 Å². The third-order valence-corrected chi connectivity index (χ3v) is 11.8. The number of nitrogens with zero attached hydrogens (tertiary/aromatic N) is 1. The minimum absolute atomic E-state index is 0.372. The summed E-state index contributed by atoms with van der Waals surface area (Å²) in [4.78, 5) is 4.17. The normalized spacial score (nSPS) is 45.7. The van der Waals surface area contributed by atoms with Crippen molar-refractivity contribution < 1.29 is 10.2 Å². The Labute approximate surface area is 201 Å². The van der Waals surface area contributed by atoms with Gasteiger partial charge in [-0.2, -0.15) is 0 Å². The van der Waals surface area contributed by atoms with Crippen LogP contribution in [-0.2, 0) is 0 Å². The van der Waals surface area contributed by atoms with E-state index in [0.29, 0.717) is 10.8 Å². The lowest BCUT2D eigenvalue weighted by molar-refractivity contribution is -0.151. The molecule has 5 rings (SSSR count). The third-order valence-electron chi connectivity index (χ3n) is 11.8. The van der Waals surface area contributed by atoms with Crippen molar-refractivity contribution in [3.05, 3.63) is 30.1 Å². The molecule has 0 radical (unpaired) electrons. The summed E-state index contributed by atoms with van der Waals surface area (Å²) in [5.74, 6) is 4.24. The van der Waals surface area contributed by atoms with Crippen LogP contribution in [0.4, 0.5) is 0 Å². The van der Waals surface area contributed by atoms with Crippen molar-refractivity contribution in [3.63, 3.8) is 0 Å². The lowest BCUT2D eigenvalue weighted by atomic mass is 9.43. The van der Waals surface area contributed by atoms with Gasteiger partial charge in [-0.05, 0) is 129 Å². The smallest absolute Gasteiger partial charge is 0.0804 e. The average Bonchev–Trinajstić information content (AvgIpc) is 3.16. The predicted octanol–water partition coefficient (Wildman–Crippen LogP) is 7.09. The molecule has 0 saturated heterocycles. The molecule has 0 bridgehead atoms. The van der Waals surface area contributed by atoms with Gasteiger partial charge in [0.25, 0.3) is 0 Å². The molecule has 1 heterocycles. The Kier molecular flexibility index (Phi) is 6.44. The van der Waals surface area contributed by atoms with Crippen molar-refractivity contribution in [2.24, 2.45) is 40.4 Å². The van der Waals surface area contributed by atoms with E-state index in [1.807, 2.05) is 18.3 Å². The van der Waals surface area contributed by atoms with E-state index in [1.165, 1.54) is 51.4 Å². The monoisotopic (exact) mass is 453 g/mol. The first-order valence-corrected chi connectivity index (χ1v) is 14.1. The lowest BCUT2D eigenvalue weighted by Gasteiger charge is -2.62. The molecule has 0 aliphatic heterocycles. The average molecular weight is 454 g/mol. The minimum Gasteiger partial charge on any atom is -0.390 e. The van der Waals surface area contributed by atoms with Crippen LogP contribution in [-0.4, -0.2) is 20.8 Å². The summed E-state index contributed by atoms with van der Waals surface area (Å²) >= 11 is 0. The molecule has 9 atom stereocenters. The molecule has 1 aromatic heterocycles. The van der Waals surface area contributed by atoms with Crippen LogP contribution in [0, 0.1) is 40.4 Å². The number of pyridine rings is 1. The van der Waals surface area contributed by atoms with Gasteiger partial charge in [-0.15, -0.1) is 0 Å². The Bertz CT molecular complexity index is 813. The molecule has 0 amide bonds. The number of aromatic nitrogens is 1. The van der Waals surface area contributed by atoms with Crippen molar-refractivity contribution in [3.8, 4) is 0 Å². The number of fused-ring (bicyclic) bond motifs is 5. The molecule has 1 aromatic rings. The Balaban J connectivity index is 1.22. The van der Waals surface area contributed by atoms with E-state index in [1.54, 1.807) is 6.20 Å². The fourth-order valence-corrected chi connectivity index (χ4v) is 9.52. The zero-order valence-corrected chi connectivity index (χ0v) is 21.3. The maximum Gasteiger partial charge on any atom is 0.0804 e. The predicted molar refractivity (Wildman–Crippen MR) is 134 cm³/mol. The van der Waals surface area contributed by atoms with E-state index in [-0.39, 0.29) is 11.7 Å². The number of rotatable bonds is 6. The highest BCUT2D eigenvalue weighted by molar-refractivity contribution is 5.12. The van der Waals surface area contributed by atoms with Crippen LogP contribution in [0.5, 0.6) is 0 Å². The Hall–Kier alpha value is -0.930. The van der Waals surface area contributed by atoms with E-state index in [9.17, 15) is 10.2 Å². The van der Waals surface area contributed by atoms with Gasteiger partial charge < -0.3 is 10.2 Å². The van der Waals surface area contributed by atoms with Crippen molar-refractivity contribution in [1.82, 2.24) is 4.98 Å². The van der Waals surface area contributed by atoms with Crippen LogP contribution in [0.2, 0.25) is 0 Å². The minimum atomic E-state index is -0.390. The van der Waals surface area contributed by atoms with Crippen LogP contribution >= 0.6 is 0 Å². The van der Waals surface area contributed by atoms with Gasteiger partial charge >= 0.3 is 0 Å². The highest BCUT2D eigenvalue weighted by atomic mass is 16.3. The highest BCUT2D eigenvalue weighted by Gasteiger charge is 2.60. The molecule has 3 nitrogen and oxygen atoms in total. The Morgan fingerprint density at radius 1 is 1.03 bits per heavy atom. The molecule has 184 valence electrons. The molecule has 3 heteroatoms. The van der Waals surface area contributed by atoms with E-state index >= 15 is 0 Å². The lowest BCUT2D eigenvalue weighted by Crippen LogP contribution is -2.55. The molecule has 0 spiro atoms. The SMILES string of the molecule is CC[C@]1(O)CC[C@@]2(C)[C@@H](CC[C@@H]3[C@@H]2CC[C@]2(C)[C@@H](CCC[C@H](O)c4cccnc4)CC[C@@H]32)C1. The number of hydrogen-bond acceptors (Lipinski definition) is 3. The third kappa shape index (κ3) is 4.10. The number of aliphatic hydroxyl groups is 2. The van der Waals surface area contributed by atoms with Gasteiger partial charge in [-0.25, -0.2) is 0 Å². The summed E-state index contributed by atoms with van der Waals surface area (Å²) in [7, 11) is 0. The zero-order valence-electron chi connectivity index (χ0n) is 21.3. The molecular weight excluding hydrogens is 406 g/mol. The second-order valence-corrected chi connectivity index (χ2v) is 13.0. The van der Waals surface area contributed by atoms with Crippen LogP contribution < -0.4 is 0 Å². The molecule has 2 N–H and O–H groups in total. The molecule has 4 aliphatic carbocycles. The molecule has 0 unspecified atom stereocenters. The van der Waals surface area contributed by atoms with Gasteiger partial charge in [0.15, 0.2) is 0 Å². The molecule has 33 heavy (non-hydrogen) atoms. The van der Waals surface area contributed by atoms with Crippen molar-refractivity contribution in [1.29, 1.82) is 0 Å². The first-order chi connectivity index (χ1) is 15.8. The molecular formula is C30H47NO2. The summed E-state index contributed by atoms with van der Waals surface area (Å²) in [6.07, 6.45) is 19.0. The first-order valence-electron chi connectivity index (χ1n) is 14.1. The van der Waals surface area contributed by atoms with E-state index in [0.717, 1.165) is 67.3 Å². The van der Waals surface area contributed by atoms with Gasteiger partial charge in [0.2, 0.25) is 0 Å². The molecule has 4 fully saturated rings. The quantitative estimate of drug-likeness (QED) is 0.483. The number of hydrogen-bond donors (Lipinski definition) is 2. The fraction of sp³-hybridized carbons (Fsp3) is 0.833. The van der Waals surface area contributed by atoms with Crippen molar-refractivity contribution in [2.75, 3.05) is 0 Å². The standard InChI is InChI=1S/C30H47NO2/c1-4-30(33)17-16-29(3)23(19-30)10-12-24-25-13-11-22(28(25,2)15-14-26(24)29)8-5-9-27(32)21-7-6-18-31-20-21/h6-7,18,20,22-27,32-33H,4-5,8-17,19H2,1-3H3/t22-,23-,24-,25-,26-,27-,28+,29-,30-/m0/s1. The van der Waals surface area contributed by atoms with Crippen LogP contribution in [0.15, 0.2) is 24.5 Å². The summed E-state index contributed by atoms with van der Waals surface area (Å²) in [5, 5.41) is 21.6. The maximum absolute atomic E-state index is 11.0. The van der Waals surface area contributed by atoms with Crippen molar-refractivity contribution >= 4 is 0 Å². The van der Waals surface area contributed by atoms with Crippen LogP contribution in [0.3, 0.4) is 0 Å². The highest BCUT2D eigenvalue weighted by Crippen LogP contribution is 2.68. The van der Waals surface area contributed by atoms with E-state index in [2.05, 4.69) is 25.8 Å². The zero-order chi connectivity index (χ0) is 23.3. The Morgan fingerprint density at radius 3 is 2.61 bits per heavy atom. The molecule has 4 saturated carbocycles. The van der Waals surface area contributed by atoms with Crippen molar-refractivity contribution in [2.45, 2.75) is 116 Å². The molecule has 0 aromatic carbocycles. The summed E-state index contributed by atoms with van der Waals surface area (Å²) in [6, 6.07) is 3.92. The maximum atomic E-state index is 11.0. The summed E-state index contributed by atoms with van der Waals surface area (Å²) < 4.78 is 0. The second kappa shape index (κ2) is 8.94.